The van der Waals surface area contributed by atoms with Crippen molar-refractivity contribution < 1.29 is 14.3 Å². The number of hydrogen-bond acceptors (Lipinski definition) is 3. The van der Waals surface area contributed by atoms with Crippen LogP contribution in [-0.4, -0.2) is 54.5 Å². The monoisotopic (exact) mass is 387 g/mol. The number of urea groups is 1. The Kier molecular flexibility index (Phi) is 6.19. The molecule has 0 radical (unpaired) electrons. The molecule has 1 aliphatic heterocycles. The zero-order valence-electron chi connectivity index (χ0n) is 15.2. The van der Waals surface area contributed by atoms with Crippen LogP contribution in [0.1, 0.15) is 5.56 Å². The maximum atomic E-state index is 12.4. The van der Waals surface area contributed by atoms with E-state index >= 15 is 0 Å². The molecular weight excluding hydrogens is 366 g/mol. The maximum Gasteiger partial charge on any atom is 0.321 e. The first-order valence-electron chi connectivity index (χ1n) is 8.80. The topological polar surface area (TPSA) is 61.9 Å². The lowest BCUT2D eigenvalue weighted by Crippen LogP contribution is -2.52. The van der Waals surface area contributed by atoms with Gasteiger partial charge in [-0.25, -0.2) is 4.79 Å². The number of nitrogens with one attached hydrogen (secondary N) is 1. The van der Waals surface area contributed by atoms with E-state index in [2.05, 4.69) is 5.32 Å². The fourth-order valence-electron chi connectivity index (χ4n) is 2.88. The lowest BCUT2D eigenvalue weighted by atomic mass is 10.2. The molecule has 1 heterocycles. The third kappa shape index (κ3) is 5.14. The van der Waals surface area contributed by atoms with Crippen LogP contribution in [0.4, 0.5) is 10.5 Å². The van der Waals surface area contributed by atoms with Crippen LogP contribution < -0.4 is 10.1 Å². The number of halogens is 1. The summed E-state index contributed by atoms with van der Waals surface area (Å²) in [5.41, 5.74) is 1.64. The number of amides is 3. The molecule has 0 aliphatic carbocycles. The SMILES string of the molecule is Cc1ccccc1OCC(=O)N1CCN(C(=O)Nc2cccc(Cl)c2)CC1. The Bertz CT molecular complexity index is 820. The highest BCUT2D eigenvalue weighted by Crippen LogP contribution is 2.17. The summed E-state index contributed by atoms with van der Waals surface area (Å²) < 4.78 is 5.62. The van der Waals surface area contributed by atoms with E-state index in [1.165, 1.54) is 0 Å². The molecular formula is C20H22ClN3O3. The van der Waals surface area contributed by atoms with Crippen LogP contribution in [0.2, 0.25) is 5.02 Å². The number of nitrogens with zero attached hydrogens (tertiary/aromatic N) is 2. The first-order valence-corrected chi connectivity index (χ1v) is 9.18. The number of hydrogen-bond donors (Lipinski definition) is 1. The van der Waals surface area contributed by atoms with Crippen molar-refractivity contribution in [2.45, 2.75) is 6.92 Å². The molecule has 0 saturated carbocycles. The van der Waals surface area contributed by atoms with E-state index in [9.17, 15) is 9.59 Å². The first-order chi connectivity index (χ1) is 13.0. The molecule has 1 N–H and O–H groups in total. The van der Waals surface area contributed by atoms with Crippen LogP contribution in [0.5, 0.6) is 5.75 Å². The van der Waals surface area contributed by atoms with Gasteiger partial charge >= 0.3 is 6.03 Å². The summed E-state index contributed by atoms with van der Waals surface area (Å²) in [4.78, 5) is 28.1. The van der Waals surface area contributed by atoms with E-state index in [0.717, 1.165) is 5.56 Å². The Balaban J connectivity index is 1.46. The van der Waals surface area contributed by atoms with Gasteiger partial charge in [0.25, 0.3) is 5.91 Å². The van der Waals surface area contributed by atoms with E-state index < -0.39 is 0 Å². The molecule has 1 saturated heterocycles. The van der Waals surface area contributed by atoms with Crippen molar-refractivity contribution in [3.8, 4) is 5.75 Å². The van der Waals surface area contributed by atoms with E-state index in [-0.39, 0.29) is 18.5 Å². The fourth-order valence-corrected chi connectivity index (χ4v) is 3.07. The van der Waals surface area contributed by atoms with Gasteiger partial charge in [-0.2, -0.15) is 0 Å². The van der Waals surface area contributed by atoms with Crippen molar-refractivity contribution in [3.05, 3.63) is 59.1 Å². The van der Waals surface area contributed by atoms with Gasteiger partial charge in [-0.3, -0.25) is 4.79 Å². The minimum absolute atomic E-state index is 0.000432. The largest absolute Gasteiger partial charge is 0.484 e. The van der Waals surface area contributed by atoms with Crippen LogP contribution in [0.25, 0.3) is 0 Å². The van der Waals surface area contributed by atoms with Crippen molar-refractivity contribution in [3.63, 3.8) is 0 Å². The van der Waals surface area contributed by atoms with E-state index in [1.807, 2.05) is 31.2 Å². The molecule has 3 rings (SSSR count). The lowest BCUT2D eigenvalue weighted by molar-refractivity contribution is -0.134. The number of anilines is 1. The van der Waals surface area contributed by atoms with Gasteiger partial charge in [0.2, 0.25) is 0 Å². The third-order valence-corrected chi connectivity index (χ3v) is 4.68. The maximum absolute atomic E-state index is 12.4. The smallest absolute Gasteiger partial charge is 0.321 e. The highest BCUT2D eigenvalue weighted by molar-refractivity contribution is 6.30. The van der Waals surface area contributed by atoms with E-state index in [0.29, 0.717) is 42.6 Å². The average Bonchev–Trinajstić information content (AvgIpc) is 2.67. The summed E-state index contributed by atoms with van der Waals surface area (Å²) in [6.45, 7) is 3.86. The predicted octanol–water partition coefficient (Wildman–Crippen LogP) is 3.40. The van der Waals surface area contributed by atoms with Gasteiger partial charge in [-0.1, -0.05) is 35.9 Å². The highest BCUT2D eigenvalue weighted by atomic mass is 35.5. The molecule has 0 spiro atoms. The Morgan fingerprint density at radius 3 is 2.44 bits per heavy atom. The van der Waals surface area contributed by atoms with Crippen LogP contribution in [0.15, 0.2) is 48.5 Å². The van der Waals surface area contributed by atoms with Gasteiger partial charge in [0.1, 0.15) is 5.75 Å². The third-order valence-electron chi connectivity index (χ3n) is 4.44. The summed E-state index contributed by atoms with van der Waals surface area (Å²) in [6.07, 6.45) is 0. The molecule has 1 aliphatic rings. The van der Waals surface area contributed by atoms with Crippen molar-refractivity contribution >= 4 is 29.2 Å². The Morgan fingerprint density at radius 1 is 1.04 bits per heavy atom. The summed E-state index contributed by atoms with van der Waals surface area (Å²) in [5.74, 6) is 0.638. The molecule has 2 aromatic carbocycles. The second-order valence-electron chi connectivity index (χ2n) is 6.36. The number of carbonyl (C=O) groups is 2. The normalized spacial score (nSPS) is 14.0. The molecule has 0 bridgehead atoms. The second kappa shape index (κ2) is 8.77. The minimum atomic E-state index is -0.194. The van der Waals surface area contributed by atoms with Crippen LogP contribution in [0.3, 0.4) is 0 Å². The molecule has 27 heavy (non-hydrogen) atoms. The molecule has 7 heteroatoms. The number of aryl methyl sites for hydroxylation is 1. The molecule has 142 valence electrons. The van der Waals surface area contributed by atoms with Crippen LogP contribution in [-0.2, 0) is 4.79 Å². The van der Waals surface area contributed by atoms with Gasteiger partial charge in [-0.15, -0.1) is 0 Å². The number of benzene rings is 2. The Morgan fingerprint density at radius 2 is 1.74 bits per heavy atom. The Hall–Kier alpha value is -2.73. The van der Waals surface area contributed by atoms with E-state index in [1.54, 1.807) is 34.1 Å². The molecule has 2 aromatic rings. The summed E-state index contributed by atoms with van der Waals surface area (Å²) in [6, 6.07) is 14.4. The van der Waals surface area contributed by atoms with Gasteiger partial charge in [0.05, 0.1) is 0 Å². The standard InChI is InChI=1S/C20H22ClN3O3/c1-15-5-2-3-8-18(15)27-14-19(25)23-9-11-24(12-10-23)20(26)22-17-7-4-6-16(21)13-17/h2-8,13H,9-12,14H2,1H3,(H,22,26). The number of ether oxygens (including phenoxy) is 1. The van der Waals surface area contributed by atoms with Crippen molar-refractivity contribution in [1.29, 1.82) is 0 Å². The molecule has 0 aromatic heterocycles. The Labute approximate surface area is 163 Å². The average molecular weight is 388 g/mol. The molecule has 3 amide bonds. The van der Waals surface area contributed by atoms with Crippen molar-refractivity contribution in [2.75, 3.05) is 38.1 Å². The number of carbonyl (C=O) groups excluding carboxylic acids is 2. The summed E-state index contributed by atoms with van der Waals surface area (Å²) in [7, 11) is 0. The minimum Gasteiger partial charge on any atom is -0.484 e. The van der Waals surface area contributed by atoms with Crippen molar-refractivity contribution in [2.24, 2.45) is 0 Å². The summed E-state index contributed by atoms with van der Waals surface area (Å²) in [5, 5.41) is 3.39. The van der Waals surface area contributed by atoms with Gasteiger partial charge < -0.3 is 19.9 Å². The number of piperazine rings is 1. The lowest BCUT2D eigenvalue weighted by Gasteiger charge is -2.34. The fraction of sp³-hybridized carbons (Fsp3) is 0.300. The number of rotatable bonds is 4. The van der Waals surface area contributed by atoms with Gasteiger partial charge in [-0.05, 0) is 36.8 Å². The van der Waals surface area contributed by atoms with Gasteiger partial charge in [0.15, 0.2) is 6.61 Å². The first kappa shape index (κ1) is 19.0. The quantitative estimate of drug-likeness (QED) is 0.874. The zero-order chi connectivity index (χ0) is 19.2. The van der Waals surface area contributed by atoms with Gasteiger partial charge in [0, 0.05) is 36.9 Å². The molecule has 0 unspecified atom stereocenters. The second-order valence-corrected chi connectivity index (χ2v) is 6.80. The highest BCUT2D eigenvalue weighted by Gasteiger charge is 2.24. The van der Waals surface area contributed by atoms with Crippen molar-refractivity contribution in [1.82, 2.24) is 9.80 Å². The molecule has 0 atom stereocenters. The summed E-state index contributed by atoms with van der Waals surface area (Å²) >= 11 is 5.93. The van der Waals surface area contributed by atoms with E-state index in [4.69, 9.17) is 16.3 Å². The zero-order valence-corrected chi connectivity index (χ0v) is 15.9. The molecule has 6 nitrogen and oxygen atoms in total. The van der Waals surface area contributed by atoms with Crippen LogP contribution >= 0.6 is 11.6 Å². The van der Waals surface area contributed by atoms with Crippen LogP contribution in [0, 0.1) is 6.92 Å². The predicted molar refractivity (Wildman–Crippen MR) is 105 cm³/mol. The molecule has 1 fully saturated rings. The number of para-hydroxylation sites is 1.